The van der Waals surface area contributed by atoms with Gasteiger partial charge in [0.05, 0.1) is 28.3 Å². The van der Waals surface area contributed by atoms with Crippen LogP contribution in [0.5, 0.6) is 0 Å². The van der Waals surface area contributed by atoms with Crippen molar-refractivity contribution in [3.63, 3.8) is 0 Å². The van der Waals surface area contributed by atoms with Crippen molar-refractivity contribution < 1.29 is 44.6 Å². The summed E-state index contributed by atoms with van der Waals surface area (Å²) in [6.07, 6.45) is -8.80. The molecule has 0 amide bonds. The second-order valence-electron chi connectivity index (χ2n) is 10.0. The maximum atomic E-state index is 14.0. The number of pyridine rings is 1. The monoisotopic (exact) mass is 615 g/mol. The lowest BCUT2D eigenvalue weighted by Crippen LogP contribution is -2.53. The van der Waals surface area contributed by atoms with Crippen LogP contribution >= 0.6 is 0 Å². The van der Waals surface area contributed by atoms with Crippen LogP contribution in [0.4, 0.5) is 51.3 Å². The molecule has 6 nitrogen and oxygen atoms in total. The van der Waals surface area contributed by atoms with Crippen LogP contribution in [0.3, 0.4) is 0 Å². The number of aliphatic hydroxyl groups is 1. The Morgan fingerprint density at radius 1 is 1.00 bits per heavy atom. The number of nitrogens with zero attached hydrogens (tertiary/aromatic N) is 4. The van der Waals surface area contributed by atoms with Crippen LogP contribution in [-0.4, -0.2) is 45.7 Å². The van der Waals surface area contributed by atoms with Crippen molar-refractivity contribution in [2.45, 2.75) is 31.4 Å². The molecule has 2 aromatic heterocycles. The van der Waals surface area contributed by atoms with Crippen LogP contribution in [-0.2, 0) is 12.4 Å². The lowest BCUT2D eigenvalue weighted by Gasteiger charge is -2.41. The fourth-order valence-electron chi connectivity index (χ4n) is 5.04. The molecule has 0 bridgehead atoms. The molecule has 0 saturated carbocycles. The zero-order valence-electron chi connectivity index (χ0n) is 22.2. The van der Waals surface area contributed by atoms with Gasteiger partial charge < -0.3 is 19.9 Å². The highest BCUT2D eigenvalue weighted by Gasteiger charge is 2.39. The fraction of sp³-hybridized carbons (Fsp3) is 0.286. The number of aliphatic hydroxyl groups excluding tert-OH is 1. The molecule has 43 heavy (non-hydrogen) atoms. The summed E-state index contributed by atoms with van der Waals surface area (Å²) < 4.78 is 124. The molecule has 2 aromatic carbocycles. The Kier molecular flexibility index (Phi) is 7.57. The molecule has 1 fully saturated rings. The number of nitrogens with one attached hydrogen (secondary N) is 1. The number of fused-ring (bicyclic) bond motifs is 1. The largest absolute Gasteiger partial charge is 0.419 e. The standard InChI is InChI=1S/C28H22F9N5O/c1-3-22(43)15-6-18(28(35,36)37)25(38-11-15)41-4-5-42(13(2)12-41)26-39-21-10-16(27(32,33)34)9-17(24(21)40-26)14-7-19(29)23(31)20(30)8-14/h3,6-11,13,22,43H,1,4-5,12H2,2H3,(H,39,40)/t13-,22+/m1/s1. The van der Waals surface area contributed by atoms with Crippen molar-refractivity contribution in [3.8, 4) is 11.1 Å². The van der Waals surface area contributed by atoms with E-state index in [1.165, 1.54) is 4.90 Å². The molecule has 0 radical (unpaired) electrons. The van der Waals surface area contributed by atoms with Gasteiger partial charge in [0, 0.05) is 43.0 Å². The molecule has 5 rings (SSSR count). The van der Waals surface area contributed by atoms with Gasteiger partial charge in [-0.15, -0.1) is 6.58 Å². The van der Waals surface area contributed by atoms with E-state index in [1.54, 1.807) is 11.8 Å². The summed E-state index contributed by atoms with van der Waals surface area (Å²) in [5.74, 6) is -5.26. The zero-order chi connectivity index (χ0) is 31.4. The van der Waals surface area contributed by atoms with E-state index >= 15 is 0 Å². The van der Waals surface area contributed by atoms with E-state index < -0.39 is 53.1 Å². The number of hydrogen-bond acceptors (Lipinski definition) is 5. The molecular weight excluding hydrogens is 593 g/mol. The van der Waals surface area contributed by atoms with Crippen molar-refractivity contribution in [1.82, 2.24) is 15.0 Å². The van der Waals surface area contributed by atoms with Gasteiger partial charge in [-0.3, -0.25) is 0 Å². The Labute approximate surface area is 238 Å². The molecular formula is C28H22F9N5O. The lowest BCUT2D eigenvalue weighted by molar-refractivity contribution is -0.138. The highest BCUT2D eigenvalue weighted by Crippen LogP contribution is 2.40. The third-order valence-corrected chi connectivity index (χ3v) is 7.16. The molecule has 3 heterocycles. The van der Waals surface area contributed by atoms with Gasteiger partial charge in [-0.25, -0.2) is 23.1 Å². The van der Waals surface area contributed by atoms with E-state index in [4.69, 9.17) is 0 Å². The predicted octanol–water partition coefficient (Wildman–Crippen LogP) is 7.01. The first-order valence-corrected chi connectivity index (χ1v) is 12.7. The summed E-state index contributed by atoms with van der Waals surface area (Å²) in [7, 11) is 0. The van der Waals surface area contributed by atoms with Crippen LogP contribution in [0.1, 0.15) is 29.7 Å². The summed E-state index contributed by atoms with van der Waals surface area (Å²) >= 11 is 0. The van der Waals surface area contributed by atoms with E-state index in [-0.39, 0.29) is 59.1 Å². The molecule has 1 aliphatic heterocycles. The Morgan fingerprint density at radius 2 is 1.67 bits per heavy atom. The second-order valence-corrected chi connectivity index (χ2v) is 10.0. The Balaban J connectivity index is 1.51. The number of anilines is 2. The number of rotatable bonds is 5. The van der Waals surface area contributed by atoms with Crippen molar-refractivity contribution in [2.24, 2.45) is 0 Å². The van der Waals surface area contributed by atoms with Crippen LogP contribution in [0, 0.1) is 17.5 Å². The van der Waals surface area contributed by atoms with E-state index in [0.29, 0.717) is 18.2 Å². The maximum absolute atomic E-state index is 14.0. The van der Waals surface area contributed by atoms with Gasteiger partial charge >= 0.3 is 12.4 Å². The molecule has 2 N–H and O–H groups in total. The fourth-order valence-corrected chi connectivity index (χ4v) is 5.04. The molecule has 1 saturated heterocycles. The van der Waals surface area contributed by atoms with Crippen molar-refractivity contribution in [3.05, 3.63) is 83.3 Å². The molecule has 4 aromatic rings. The van der Waals surface area contributed by atoms with E-state index in [2.05, 4.69) is 21.5 Å². The number of aromatic amines is 1. The van der Waals surface area contributed by atoms with Crippen molar-refractivity contribution in [2.75, 3.05) is 29.4 Å². The number of hydrogen-bond donors (Lipinski definition) is 2. The average Bonchev–Trinajstić information content (AvgIpc) is 3.37. The number of halogens is 9. The predicted molar refractivity (Wildman–Crippen MR) is 140 cm³/mol. The van der Waals surface area contributed by atoms with Crippen LogP contribution in [0.15, 0.2) is 49.2 Å². The number of piperazine rings is 1. The van der Waals surface area contributed by atoms with Crippen LogP contribution < -0.4 is 9.80 Å². The molecule has 0 aliphatic carbocycles. The summed E-state index contributed by atoms with van der Waals surface area (Å²) in [5, 5.41) is 9.90. The topological polar surface area (TPSA) is 68.3 Å². The molecule has 0 spiro atoms. The average molecular weight is 616 g/mol. The van der Waals surface area contributed by atoms with Gasteiger partial charge in [-0.05, 0) is 42.8 Å². The quantitative estimate of drug-likeness (QED) is 0.144. The highest BCUT2D eigenvalue weighted by atomic mass is 19.4. The van der Waals surface area contributed by atoms with E-state index in [0.717, 1.165) is 24.4 Å². The molecule has 1 aliphatic rings. The van der Waals surface area contributed by atoms with Gasteiger partial charge in [0.25, 0.3) is 0 Å². The lowest BCUT2D eigenvalue weighted by atomic mass is 10.0. The number of imidazole rings is 1. The Morgan fingerprint density at radius 3 is 2.26 bits per heavy atom. The minimum absolute atomic E-state index is 0.00548. The number of benzene rings is 2. The van der Waals surface area contributed by atoms with E-state index in [9.17, 15) is 44.6 Å². The first kappa shape index (κ1) is 30.2. The number of aromatic nitrogens is 3. The minimum atomic E-state index is -4.85. The summed E-state index contributed by atoms with van der Waals surface area (Å²) in [4.78, 5) is 14.1. The summed E-state index contributed by atoms with van der Waals surface area (Å²) in [5.41, 5.74) is -3.16. The maximum Gasteiger partial charge on any atom is 0.419 e. The highest BCUT2D eigenvalue weighted by molar-refractivity contribution is 5.94. The van der Waals surface area contributed by atoms with Crippen LogP contribution in [0.2, 0.25) is 0 Å². The zero-order valence-corrected chi connectivity index (χ0v) is 22.2. The Bertz CT molecular complexity index is 1680. The summed E-state index contributed by atoms with van der Waals surface area (Å²) in [6.45, 7) is 5.11. The number of alkyl halides is 6. The Hall–Kier alpha value is -4.27. The summed E-state index contributed by atoms with van der Waals surface area (Å²) in [6, 6.07) is 2.80. The van der Waals surface area contributed by atoms with Gasteiger partial charge in [0.2, 0.25) is 5.95 Å². The van der Waals surface area contributed by atoms with Gasteiger partial charge in [0.15, 0.2) is 17.5 Å². The van der Waals surface area contributed by atoms with Crippen LogP contribution in [0.25, 0.3) is 22.2 Å². The first-order chi connectivity index (χ1) is 20.1. The van der Waals surface area contributed by atoms with Gasteiger partial charge in [0.1, 0.15) is 5.82 Å². The van der Waals surface area contributed by atoms with Gasteiger partial charge in [-0.2, -0.15) is 26.3 Å². The third-order valence-electron chi connectivity index (χ3n) is 7.16. The third kappa shape index (κ3) is 5.72. The second kappa shape index (κ2) is 10.8. The molecule has 0 unspecified atom stereocenters. The molecule has 2 atom stereocenters. The smallest absolute Gasteiger partial charge is 0.384 e. The van der Waals surface area contributed by atoms with Gasteiger partial charge in [-0.1, -0.05) is 6.08 Å². The normalized spacial score (nSPS) is 17.0. The molecule has 15 heteroatoms. The minimum Gasteiger partial charge on any atom is -0.384 e. The van der Waals surface area contributed by atoms with Crippen molar-refractivity contribution >= 4 is 22.8 Å². The molecule has 228 valence electrons. The first-order valence-electron chi connectivity index (χ1n) is 12.7. The van der Waals surface area contributed by atoms with E-state index in [1.807, 2.05) is 0 Å². The number of H-pyrrole nitrogens is 1. The SMILES string of the molecule is C=C[C@H](O)c1cnc(N2CCN(c3nc4cc(C(F)(F)F)cc(-c5cc(F)c(F)c(F)c5)c4[nH]3)[C@H](C)C2)c(C(F)(F)F)c1. The van der Waals surface area contributed by atoms with Crippen molar-refractivity contribution in [1.29, 1.82) is 0 Å².